The molecule has 2 nitrogen and oxygen atoms in total. The molecule has 0 bridgehead atoms. The summed E-state index contributed by atoms with van der Waals surface area (Å²) in [7, 11) is 0. The first kappa shape index (κ1) is 11.7. The molecule has 0 heterocycles. The summed E-state index contributed by atoms with van der Waals surface area (Å²) in [5, 5.41) is 9.60. The van der Waals surface area contributed by atoms with Gasteiger partial charge in [-0.25, -0.2) is 0 Å². The normalized spacial score (nSPS) is 12.9. The predicted molar refractivity (Wildman–Crippen MR) is 62.3 cm³/mol. The van der Waals surface area contributed by atoms with Crippen molar-refractivity contribution in [2.45, 2.75) is 25.9 Å². The molecule has 0 aliphatic carbocycles. The Morgan fingerprint density at radius 3 is 2.79 bits per heavy atom. The standard InChI is InChI=1S/C11H16BrNO/c1-8-6-10(12)3-2-9(8)7-11(14)4-5-13/h2-3,6,11,14H,4-5,7,13H2,1H3. The second-order valence-corrected chi connectivity index (χ2v) is 4.42. The van der Waals surface area contributed by atoms with Crippen LogP contribution in [0.15, 0.2) is 22.7 Å². The summed E-state index contributed by atoms with van der Waals surface area (Å²) in [6.45, 7) is 2.59. The molecule has 1 unspecified atom stereocenters. The lowest BCUT2D eigenvalue weighted by Crippen LogP contribution is -2.16. The maximum absolute atomic E-state index is 9.60. The monoisotopic (exact) mass is 257 g/mol. The minimum Gasteiger partial charge on any atom is -0.393 e. The highest BCUT2D eigenvalue weighted by Gasteiger charge is 2.06. The third kappa shape index (κ3) is 3.40. The van der Waals surface area contributed by atoms with E-state index in [1.165, 1.54) is 11.1 Å². The smallest absolute Gasteiger partial charge is 0.0592 e. The summed E-state index contributed by atoms with van der Waals surface area (Å²) >= 11 is 3.41. The van der Waals surface area contributed by atoms with Crippen molar-refractivity contribution in [1.82, 2.24) is 0 Å². The highest BCUT2D eigenvalue weighted by Crippen LogP contribution is 2.17. The molecule has 0 aromatic heterocycles. The van der Waals surface area contributed by atoms with Crippen LogP contribution in [-0.2, 0) is 6.42 Å². The van der Waals surface area contributed by atoms with Gasteiger partial charge < -0.3 is 10.8 Å². The predicted octanol–water partition coefficient (Wildman–Crippen LogP) is 2.01. The first-order valence-electron chi connectivity index (χ1n) is 4.76. The summed E-state index contributed by atoms with van der Waals surface area (Å²) in [5.41, 5.74) is 7.77. The van der Waals surface area contributed by atoms with Gasteiger partial charge in [0.2, 0.25) is 0 Å². The average molecular weight is 258 g/mol. The number of benzene rings is 1. The minimum atomic E-state index is -0.320. The second kappa shape index (κ2) is 5.49. The van der Waals surface area contributed by atoms with Gasteiger partial charge in [0.1, 0.15) is 0 Å². The summed E-state index contributed by atoms with van der Waals surface area (Å²) in [6.07, 6.45) is 1.03. The van der Waals surface area contributed by atoms with Gasteiger partial charge in [-0.15, -0.1) is 0 Å². The zero-order chi connectivity index (χ0) is 10.6. The molecule has 1 rings (SSSR count). The lowest BCUT2D eigenvalue weighted by molar-refractivity contribution is 0.167. The van der Waals surface area contributed by atoms with E-state index < -0.39 is 0 Å². The van der Waals surface area contributed by atoms with E-state index in [2.05, 4.69) is 28.9 Å². The fourth-order valence-corrected chi connectivity index (χ4v) is 1.91. The van der Waals surface area contributed by atoms with E-state index in [0.29, 0.717) is 19.4 Å². The van der Waals surface area contributed by atoms with E-state index in [0.717, 1.165) is 4.47 Å². The third-order valence-corrected chi connectivity index (χ3v) is 2.75. The van der Waals surface area contributed by atoms with Crippen molar-refractivity contribution in [3.05, 3.63) is 33.8 Å². The van der Waals surface area contributed by atoms with Gasteiger partial charge in [-0.2, -0.15) is 0 Å². The van der Waals surface area contributed by atoms with Gasteiger partial charge in [0.15, 0.2) is 0 Å². The number of aryl methyl sites for hydroxylation is 1. The topological polar surface area (TPSA) is 46.2 Å². The molecule has 1 atom stereocenters. The Labute approximate surface area is 93.3 Å². The number of rotatable bonds is 4. The molecule has 0 spiro atoms. The molecule has 1 aromatic carbocycles. The largest absolute Gasteiger partial charge is 0.393 e. The Kier molecular flexibility index (Phi) is 4.58. The van der Waals surface area contributed by atoms with Crippen LogP contribution >= 0.6 is 15.9 Å². The summed E-state index contributed by atoms with van der Waals surface area (Å²) < 4.78 is 1.08. The number of nitrogens with two attached hydrogens (primary N) is 1. The highest BCUT2D eigenvalue weighted by atomic mass is 79.9. The van der Waals surface area contributed by atoms with Gasteiger partial charge in [-0.3, -0.25) is 0 Å². The summed E-state index contributed by atoms with van der Waals surface area (Å²) in [5.74, 6) is 0. The Bertz CT molecular complexity index is 301. The molecule has 78 valence electrons. The molecule has 0 fully saturated rings. The number of aliphatic hydroxyl groups excluding tert-OH is 1. The van der Waals surface area contributed by atoms with E-state index in [4.69, 9.17) is 5.73 Å². The molecule has 0 saturated heterocycles. The lowest BCUT2D eigenvalue weighted by atomic mass is 10.0. The van der Waals surface area contributed by atoms with Crippen LogP contribution in [0.3, 0.4) is 0 Å². The van der Waals surface area contributed by atoms with Gasteiger partial charge in [0.25, 0.3) is 0 Å². The Hall–Kier alpha value is -0.380. The van der Waals surface area contributed by atoms with Crippen LogP contribution in [0.1, 0.15) is 17.5 Å². The molecule has 3 heteroatoms. The van der Waals surface area contributed by atoms with Crippen molar-refractivity contribution in [1.29, 1.82) is 0 Å². The van der Waals surface area contributed by atoms with Gasteiger partial charge in [0.05, 0.1) is 6.10 Å². The van der Waals surface area contributed by atoms with Crippen LogP contribution < -0.4 is 5.73 Å². The zero-order valence-electron chi connectivity index (χ0n) is 8.33. The van der Waals surface area contributed by atoms with Crippen LogP contribution in [0.2, 0.25) is 0 Å². The quantitative estimate of drug-likeness (QED) is 0.867. The minimum absolute atomic E-state index is 0.320. The van der Waals surface area contributed by atoms with Crippen LogP contribution in [0.25, 0.3) is 0 Å². The van der Waals surface area contributed by atoms with Crippen molar-refractivity contribution in [2.24, 2.45) is 5.73 Å². The molecule has 14 heavy (non-hydrogen) atoms. The Balaban J connectivity index is 2.67. The van der Waals surface area contributed by atoms with Crippen LogP contribution in [0, 0.1) is 6.92 Å². The second-order valence-electron chi connectivity index (χ2n) is 3.51. The fraction of sp³-hybridized carbons (Fsp3) is 0.455. The SMILES string of the molecule is Cc1cc(Br)ccc1CC(O)CCN. The Morgan fingerprint density at radius 2 is 2.21 bits per heavy atom. The molecule has 0 radical (unpaired) electrons. The third-order valence-electron chi connectivity index (χ3n) is 2.26. The van der Waals surface area contributed by atoms with Crippen molar-refractivity contribution in [3.63, 3.8) is 0 Å². The van der Waals surface area contributed by atoms with Gasteiger partial charge in [-0.1, -0.05) is 22.0 Å². The number of hydrogen-bond donors (Lipinski definition) is 2. The van der Waals surface area contributed by atoms with Gasteiger partial charge >= 0.3 is 0 Å². The molecule has 0 aliphatic rings. The van der Waals surface area contributed by atoms with E-state index >= 15 is 0 Å². The van der Waals surface area contributed by atoms with Gasteiger partial charge in [0, 0.05) is 4.47 Å². The van der Waals surface area contributed by atoms with E-state index in [9.17, 15) is 5.11 Å². The van der Waals surface area contributed by atoms with Crippen molar-refractivity contribution in [2.75, 3.05) is 6.54 Å². The molecule has 0 saturated carbocycles. The Morgan fingerprint density at radius 1 is 1.50 bits per heavy atom. The van der Waals surface area contributed by atoms with Crippen molar-refractivity contribution < 1.29 is 5.11 Å². The average Bonchev–Trinajstić information content (AvgIpc) is 2.10. The van der Waals surface area contributed by atoms with E-state index in [1.807, 2.05) is 12.1 Å². The molecule has 3 N–H and O–H groups in total. The summed E-state index contributed by atoms with van der Waals surface area (Å²) in [4.78, 5) is 0. The van der Waals surface area contributed by atoms with E-state index in [-0.39, 0.29) is 6.10 Å². The first-order valence-corrected chi connectivity index (χ1v) is 5.56. The molecule has 1 aromatic rings. The fourth-order valence-electron chi connectivity index (χ4n) is 1.44. The molecular weight excluding hydrogens is 242 g/mol. The number of aliphatic hydroxyl groups is 1. The van der Waals surface area contributed by atoms with Crippen molar-refractivity contribution in [3.8, 4) is 0 Å². The summed E-state index contributed by atoms with van der Waals surface area (Å²) in [6, 6.07) is 6.10. The van der Waals surface area contributed by atoms with E-state index in [1.54, 1.807) is 0 Å². The molecular formula is C11H16BrNO. The highest BCUT2D eigenvalue weighted by molar-refractivity contribution is 9.10. The number of hydrogen-bond acceptors (Lipinski definition) is 2. The maximum Gasteiger partial charge on any atom is 0.0592 e. The maximum atomic E-state index is 9.60. The van der Waals surface area contributed by atoms with Crippen molar-refractivity contribution >= 4 is 15.9 Å². The van der Waals surface area contributed by atoms with Crippen LogP contribution in [-0.4, -0.2) is 17.8 Å². The van der Waals surface area contributed by atoms with Crippen LogP contribution in [0.4, 0.5) is 0 Å². The van der Waals surface area contributed by atoms with Crippen LogP contribution in [0.5, 0.6) is 0 Å². The number of halogens is 1. The lowest BCUT2D eigenvalue weighted by Gasteiger charge is -2.11. The first-order chi connectivity index (χ1) is 6.63. The zero-order valence-corrected chi connectivity index (χ0v) is 9.92. The molecule has 0 amide bonds. The molecule has 0 aliphatic heterocycles. The van der Waals surface area contributed by atoms with Gasteiger partial charge in [-0.05, 0) is 49.6 Å².